The Bertz CT molecular complexity index is 1200. The van der Waals surface area contributed by atoms with E-state index in [9.17, 15) is 24.6 Å². The summed E-state index contributed by atoms with van der Waals surface area (Å²) in [5.74, 6) is 2.04. The molecule has 0 saturated heterocycles. The molecule has 0 radical (unpaired) electrons. The zero-order valence-corrected chi connectivity index (χ0v) is 26.7. The molecule has 0 spiro atoms. The van der Waals surface area contributed by atoms with Gasteiger partial charge in [-0.05, 0) is 98.9 Å². The molecule has 0 aliphatic heterocycles. The molecule has 3 fully saturated rings. The molecule has 9 heteroatoms. The molecular formula is C34H51N3O6. The first-order valence-electron chi connectivity index (χ1n) is 16.1. The van der Waals surface area contributed by atoms with Gasteiger partial charge in [0.15, 0.2) is 6.61 Å². The predicted octanol–water partition coefficient (Wildman–Crippen LogP) is 4.44. The fraction of sp³-hybridized carbons (Fsp3) is 0.765. The molecule has 3 saturated carbocycles. The van der Waals surface area contributed by atoms with Gasteiger partial charge in [0.1, 0.15) is 17.7 Å². The van der Waals surface area contributed by atoms with E-state index in [1.165, 1.54) is 5.57 Å². The van der Waals surface area contributed by atoms with Crippen LogP contribution in [0.5, 0.6) is 0 Å². The largest absolute Gasteiger partial charge is 0.480 e. The Labute approximate surface area is 256 Å². The van der Waals surface area contributed by atoms with Crippen molar-refractivity contribution in [3.05, 3.63) is 11.6 Å². The van der Waals surface area contributed by atoms with Crippen LogP contribution in [-0.4, -0.2) is 58.0 Å². The number of hydrogen-bond acceptors (Lipinski definition) is 6. The van der Waals surface area contributed by atoms with E-state index < -0.39 is 35.5 Å². The van der Waals surface area contributed by atoms with Crippen molar-refractivity contribution in [2.45, 2.75) is 117 Å². The van der Waals surface area contributed by atoms with E-state index >= 15 is 0 Å². The molecule has 0 aromatic rings. The first kappa shape index (κ1) is 33.0. The van der Waals surface area contributed by atoms with Crippen LogP contribution in [0.2, 0.25) is 0 Å². The number of aliphatic carboxylic acids is 1. The Balaban J connectivity index is 1.35. The van der Waals surface area contributed by atoms with E-state index in [1.54, 1.807) is 13.8 Å². The van der Waals surface area contributed by atoms with Gasteiger partial charge in [0.05, 0.1) is 5.71 Å². The van der Waals surface area contributed by atoms with E-state index in [4.69, 9.17) is 11.3 Å². The molecule has 4 rings (SSSR count). The number of carboxylic acid groups (broad SMARTS) is 1. The molecule has 0 aromatic heterocycles. The summed E-state index contributed by atoms with van der Waals surface area (Å²) in [6, 6.07) is -1.91. The lowest BCUT2D eigenvalue weighted by Crippen LogP contribution is -2.54. The second-order valence-electron chi connectivity index (χ2n) is 14.7. The Morgan fingerprint density at radius 3 is 2.40 bits per heavy atom. The Kier molecular flexibility index (Phi) is 9.71. The third-order valence-corrected chi connectivity index (χ3v) is 11.3. The van der Waals surface area contributed by atoms with Crippen molar-refractivity contribution in [2.75, 3.05) is 6.61 Å². The number of oxime groups is 1. The van der Waals surface area contributed by atoms with Gasteiger partial charge >= 0.3 is 5.97 Å². The van der Waals surface area contributed by atoms with Gasteiger partial charge < -0.3 is 25.7 Å². The number of amides is 2. The maximum Gasteiger partial charge on any atom is 0.326 e. The number of carbonyl (C=O) groups is 3. The van der Waals surface area contributed by atoms with E-state index in [2.05, 4.69) is 41.6 Å². The lowest BCUT2D eigenvalue weighted by Gasteiger charge is -2.58. The highest BCUT2D eigenvalue weighted by Gasteiger charge is 2.63. The number of rotatable bonds is 10. The standard InChI is InChI=1S/C34H51N3O6/c1-8-34(42)16-13-26-24-10-9-22-18-23(11-14-32(22,6)25(24)12-15-33(26,34)7)37-43-19-28(38)36-29(21(4)5)30(39)35-27(31(40)41)17-20(2)3/h1,18,20-21,24-27,29,42H,9-17,19H2,2-7H3,(H,35,39)(H,36,38)(H,40,41)/b37-23-/t24-,25+,26-,27-,29+,32+,33+,34-/m1/s1. The van der Waals surface area contributed by atoms with Crippen LogP contribution in [0.4, 0.5) is 0 Å². The molecule has 0 aromatic carbocycles. The van der Waals surface area contributed by atoms with E-state index in [-0.39, 0.29) is 29.3 Å². The number of terminal acetylenes is 1. The number of allylic oxidation sites excluding steroid dienone is 2. The summed E-state index contributed by atoms with van der Waals surface area (Å²) in [6.07, 6.45) is 15.8. The minimum Gasteiger partial charge on any atom is -0.480 e. The van der Waals surface area contributed by atoms with Crippen LogP contribution in [0.1, 0.15) is 99.3 Å². The van der Waals surface area contributed by atoms with Crippen LogP contribution >= 0.6 is 0 Å². The van der Waals surface area contributed by atoms with E-state index in [0.29, 0.717) is 30.6 Å². The SMILES string of the molecule is C#C[C@@]1(O)CC[C@@H]2[C@@H]3CCC4=C/C(=N\OCC(=O)N[C@H](C(=O)N[C@H](CC(C)C)C(=O)O)C(C)C)CC[C@]4(C)[C@H]3CC[C@@]21C. The molecule has 0 bridgehead atoms. The van der Waals surface area contributed by atoms with Crippen LogP contribution in [0.3, 0.4) is 0 Å². The molecule has 43 heavy (non-hydrogen) atoms. The Morgan fingerprint density at radius 2 is 1.77 bits per heavy atom. The highest BCUT2D eigenvalue weighted by atomic mass is 16.6. The average Bonchev–Trinajstić information content (AvgIpc) is 3.21. The van der Waals surface area contributed by atoms with E-state index in [0.717, 1.165) is 50.7 Å². The number of carbonyl (C=O) groups excluding carboxylic acids is 2. The van der Waals surface area contributed by atoms with Crippen LogP contribution in [0, 0.1) is 52.8 Å². The maximum atomic E-state index is 12.8. The van der Waals surface area contributed by atoms with Gasteiger partial charge in [0, 0.05) is 5.41 Å². The summed E-state index contributed by atoms with van der Waals surface area (Å²) in [5.41, 5.74) is 1.09. The zero-order valence-electron chi connectivity index (χ0n) is 26.7. The summed E-state index contributed by atoms with van der Waals surface area (Å²) in [7, 11) is 0. The van der Waals surface area contributed by atoms with Gasteiger partial charge in [0.25, 0.3) is 5.91 Å². The smallest absolute Gasteiger partial charge is 0.326 e. The van der Waals surface area contributed by atoms with Gasteiger partial charge in [-0.2, -0.15) is 0 Å². The van der Waals surface area contributed by atoms with Crippen molar-refractivity contribution in [1.29, 1.82) is 0 Å². The summed E-state index contributed by atoms with van der Waals surface area (Å²) >= 11 is 0. The van der Waals surface area contributed by atoms with Gasteiger partial charge in [-0.1, -0.05) is 58.2 Å². The summed E-state index contributed by atoms with van der Waals surface area (Å²) in [5, 5.41) is 30.2. The van der Waals surface area contributed by atoms with Crippen LogP contribution in [-0.2, 0) is 19.2 Å². The lowest BCUT2D eigenvalue weighted by atomic mass is 9.46. The molecule has 238 valence electrons. The Hall–Kier alpha value is -2.86. The third kappa shape index (κ3) is 6.36. The Morgan fingerprint density at radius 1 is 1.07 bits per heavy atom. The molecule has 0 unspecified atom stereocenters. The van der Waals surface area contributed by atoms with Gasteiger partial charge in [0.2, 0.25) is 5.91 Å². The van der Waals surface area contributed by atoms with E-state index in [1.807, 2.05) is 13.8 Å². The topological polar surface area (TPSA) is 137 Å². The van der Waals surface area contributed by atoms with Gasteiger partial charge in [-0.3, -0.25) is 9.59 Å². The normalized spacial score (nSPS) is 35.6. The van der Waals surface area contributed by atoms with Crippen molar-refractivity contribution >= 4 is 23.5 Å². The van der Waals surface area contributed by atoms with Crippen LogP contribution < -0.4 is 10.6 Å². The number of nitrogens with zero attached hydrogens (tertiary/aromatic N) is 1. The quantitative estimate of drug-likeness (QED) is 0.217. The second-order valence-corrected chi connectivity index (χ2v) is 14.7. The summed E-state index contributed by atoms with van der Waals surface area (Å²) < 4.78 is 0. The van der Waals surface area contributed by atoms with Crippen molar-refractivity contribution in [1.82, 2.24) is 10.6 Å². The molecule has 4 aliphatic carbocycles. The lowest BCUT2D eigenvalue weighted by molar-refractivity contribution is -0.143. The maximum absolute atomic E-state index is 12.8. The van der Waals surface area contributed by atoms with Gasteiger partial charge in [-0.15, -0.1) is 6.42 Å². The first-order chi connectivity index (χ1) is 20.1. The number of carboxylic acids is 1. The zero-order chi connectivity index (χ0) is 31.7. The molecule has 2 amide bonds. The number of aliphatic hydroxyl groups is 1. The number of nitrogens with one attached hydrogen (secondary N) is 2. The molecular weight excluding hydrogens is 546 g/mol. The van der Waals surface area contributed by atoms with Crippen LogP contribution in [0.15, 0.2) is 16.8 Å². The summed E-state index contributed by atoms with van der Waals surface area (Å²) in [4.78, 5) is 42.6. The first-order valence-corrected chi connectivity index (χ1v) is 16.1. The highest BCUT2D eigenvalue weighted by molar-refractivity contribution is 5.96. The summed E-state index contributed by atoms with van der Waals surface area (Å²) in [6.45, 7) is 11.6. The van der Waals surface area contributed by atoms with Crippen molar-refractivity contribution in [3.8, 4) is 12.3 Å². The number of hydrogen-bond donors (Lipinski definition) is 4. The predicted molar refractivity (Wildman–Crippen MR) is 165 cm³/mol. The molecule has 4 aliphatic rings. The average molecular weight is 598 g/mol. The molecule has 9 nitrogen and oxygen atoms in total. The number of fused-ring (bicyclic) bond motifs is 5. The van der Waals surface area contributed by atoms with Crippen molar-refractivity contribution in [3.63, 3.8) is 0 Å². The van der Waals surface area contributed by atoms with Crippen LogP contribution in [0.25, 0.3) is 0 Å². The van der Waals surface area contributed by atoms with Crippen molar-refractivity contribution < 1.29 is 29.4 Å². The fourth-order valence-corrected chi connectivity index (χ4v) is 8.77. The fourth-order valence-electron chi connectivity index (χ4n) is 8.77. The highest BCUT2D eigenvalue weighted by Crippen LogP contribution is 2.67. The minimum absolute atomic E-state index is 0.0821. The minimum atomic E-state index is -1.10. The monoisotopic (exact) mass is 597 g/mol. The third-order valence-electron chi connectivity index (χ3n) is 11.3. The second kappa shape index (κ2) is 12.6. The molecule has 8 atom stereocenters. The van der Waals surface area contributed by atoms with Gasteiger partial charge in [-0.25, -0.2) is 4.79 Å². The molecule has 4 N–H and O–H groups in total. The van der Waals surface area contributed by atoms with Crippen molar-refractivity contribution in [2.24, 2.45) is 45.6 Å². The molecule has 0 heterocycles.